The van der Waals surface area contributed by atoms with Crippen LogP contribution in [0.5, 0.6) is 0 Å². The standard InChI is InChI=1S/C15H26N4S/c1-10(2)15-18-13(16-3)9-14(19-15)17-11-6-5-7-12(8-11)20-4/h9-12H,5-8H2,1-4H3,(H2,16,17,18,19). The second-order valence-electron chi connectivity index (χ2n) is 5.77. The van der Waals surface area contributed by atoms with Gasteiger partial charge in [-0.3, -0.25) is 0 Å². The minimum absolute atomic E-state index is 0.342. The first-order valence-corrected chi connectivity index (χ1v) is 8.77. The number of hydrogen-bond donors (Lipinski definition) is 2. The molecule has 0 spiro atoms. The van der Waals surface area contributed by atoms with E-state index in [1.165, 1.54) is 25.7 Å². The summed E-state index contributed by atoms with van der Waals surface area (Å²) in [7, 11) is 1.90. The summed E-state index contributed by atoms with van der Waals surface area (Å²) in [6.07, 6.45) is 7.35. The molecule has 1 aliphatic carbocycles. The lowest BCUT2D eigenvalue weighted by Crippen LogP contribution is -2.29. The average Bonchev–Trinajstić information content (AvgIpc) is 2.47. The Morgan fingerprint density at radius 1 is 1.25 bits per heavy atom. The zero-order chi connectivity index (χ0) is 14.5. The van der Waals surface area contributed by atoms with E-state index < -0.39 is 0 Å². The summed E-state index contributed by atoms with van der Waals surface area (Å²) in [6, 6.07) is 2.55. The molecule has 0 aromatic carbocycles. The van der Waals surface area contributed by atoms with E-state index in [0.717, 1.165) is 22.7 Å². The Balaban J connectivity index is 2.09. The van der Waals surface area contributed by atoms with E-state index in [2.05, 4.69) is 40.7 Å². The van der Waals surface area contributed by atoms with Gasteiger partial charge in [-0.25, -0.2) is 9.97 Å². The van der Waals surface area contributed by atoms with Crippen LogP contribution in [0.25, 0.3) is 0 Å². The lowest BCUT2D eigenvalue weighted by Gasteiger charge is -2.29. The average molecular weight is 294 g/mol. The topological polar surface area (TPSA) is 49.8 Å². The van der Waals surface area contributed by atoms with Crippen molar-refractivity contribution in [2.24, 2.45) is 0 Å². The summed E-state index contributed by atoms with van der Waals surface area (Å²) in [5, 5.41) is 7.52. The number of nitrogens with zero attached hydrogens (tertiary/aromatic N) is 2. The van der Waals surface area contributed by atoms with Gasteiger partial charge in [0.1, 0.15) is 17.5 Å². The SMILES string of the molecule is CNc1cc(NC2CCCC(SC)C2)nc(C(C)C)n1. The van der Waals surface area contributed by atoms with Crippen LogP contribution in [0, 0.1) is 0 Å². The summed E-state index contributed by atoms with van der Waals surface area (Å²) >= 11 is 1.99. The predicted octanol–water partition coefficient (Wildman–Crippen LogP) is 3.73. The summed E-state index contributed by atoms with van der Waals surface area (Å²) in [5.41, 5.74) is 0. The minimum atomic E-state index is 0.342. The number of nitrogens with one attached hydrogen (secondary N) is 2. The Morgan fingerprint density at radius 3 is 2.65 bits per heavy atom. The van der Waals surface area contributed by atoms with Gasteiger partial charge in [-0.05, 0) is 25.5 Å². The quantitative estimate of drug-likeness (QED) is 0.866. The van der Waals surface area contributed by atoms with Gasteiger partial charge in [0.15, 0.2) is 0 Å². The summed E-state index contributed by atoms with van der Waals surface area (Å²) in [5.74, 6) is 3.09. The van der Waals surface area contributed by atoms with Gasteiger partial charge >= 0.3 is 0 Å². The van der Waals surface area contributed by atoms with E-state index in [0.29, 0.717) is 12.0 Å². The molecule has 0 amide bonds. The maximum absolute atomic E-state index is 4.66. The van der Waals surface area contributed by atoms with Crippen LogP contribution in [0.3, 0.4) is 0 Å². The van der Waals surface area contributed by atoms with Gasteiger partial charge in [0.25, 0.3) is 0 Å². The molecule has 1 aliphatic rings. The fourth-order valence-electron chi connectivity index (χ4n) is 2.63. The zero-order valence-corrected chi connectivity index (χ0v) is 13.8. The molecular weight excluding hydrogens is 268 g/mol. The second-order valence-corrected chi connectivity index (χ2v) is 6.90. The van der Waals surface area contributed by atoms with Crippen LogP contribution in [0.4, 0.5) is 11.6 Å². The minimum Gasteiger partial charge on any atom is -0.373 e. The molecule has 2 rings (SSSR count). The van der Waals surface area contributed by atoms with Crippen molar-refractivity contribution in [2.45, 2.75) is 56.7 Å². The van der Waals surface area contributed by atoms with Crippen molar-refractivity contribution >= 4 is 23.4 Å². The highest BCUT2D eigenvalue weighted by molar-refractivity contribution is 7.99. The van der Waals surface area contributed by atoms with Gasteiger partial charge < -0.3 is 10.6 Å². The highest BCUT2D eigenvalue weighted by atomic mass is 32.2. The van der Waals surface area contributed by atoms with Gasteiger partial charge in [-0.2, -0.15) is 11.8 Å². The summed E-state index contributed by atoms with van der Waals surface area (Å²) in [4.78, 5) is 9.17. The molecule has 0 bridgehead atoms. The Bertz CT molecular complexity index is 436. The number of hydrogen-bond acceptors (Lipinski definition) is 5. The fraction of sp³-hybridized carbons (Fsp3) is 0.733. The molecule has 0 radical (unpaired) electrons. The molecule has 2 atom stereocenters. The van der Waals surface area contributed by atoms with Crippen LogP contribution in [-0.4, -0.2) is 34.6 Å². The summed E-state index contributed by atoms with van der Waals surface area (Å²) in [6.45, 7) is 4.26. The first-order valence-electron chi connectivity index (χ1n) is 7.48. The smallest absolute Gasteiger partial charge is 0.135 e. The first kappa shape index (κ1) is 15.4. The molecule has 1 fully saturated rings. The number of aromatic nitrogens is 2. The lowest BCUT2D eigenvalue weighted by molar-refractivity contribution is 0.472. The Kier molecular flexibility index (Phi) is 5.52. The molecule has 1 heterocycles. The normalized spacial score (nSPS) is 22.9. The number of rotatable bonds is 5. The van der Waals surface area contributed by atoms with E-state index >= 15 is 0 Å². The molecule has 20 heavy (non-hydrogen) atoms. The third-order valence-corrected chi connectivity index (χ3v) is 4.92. The van der Waals surface area contributed by atoms with Gasteiger partial charge in [0, 0.05) is 30.3 Å². The highest BCUT2D eigenvalue weighted by Crippen LogP contribution is 2.29. The molecule has 1 aromatic heterocycles. The van der Waals surface area contributed by atoms with E-state index in [9.17, 15) is 0 Å². The van der Waals surface area contributed by atoms with Crippen LogP contribution in [0.2, 0.25) is 0 Å². The van der Waals surface area contributed by atoms with E-state index in [1.54, 1.807) is 0 Å². The van der Waals surface area contributed by atoms with Gasteiger partial charge in [-0.1, -0.05) is 20.3 Å². The molecule has 4 nitrogen and oxygen atoms in total. The van der Waals surface area contributed by atoms with E-state index in [-0.39, 0.29) is 0 Å². The Morgan fingerprint density at radius 2 is 2.00 bits per heavy atom. The van der Waals surface area contributed by atoms with Gasteiger partial charge in [0.2, 0.25) is 0 Å². The maximum atomic E-state index is 4.66. The number of anilines is 2. The predicted molar refractivity (Wildman–Crippen MR) is 88.8 cm³/mol. The monoisotopic (exact) mass is 294 g/mol. The largest absolute Gasteiger partial charge is 0.373 e. The van der Waals surface area contributed by atoms with Crippen molar-refractivity contribution < 1.29 is 0 Å². The van der Waals surface area contributed by atoms with E-state index in [4.69, 9.17) is 0 Å². The van der Waals surface area contributed by atoms with Crippen LogP contribution in [0.15, 0.2) is 6.07 Å². The molecule has 112 valence electrons. The van der Waals surface area contributed by atoms with Crippen molar-refractivity contribution in [3.05, 3.63) is 11.9 Å². The molecule has 2 unspecified atom stereocenters. The van der Waals surface area contributed by atoms with Crippen molar-refractivity contribution in [1.29, 1.82) is 0 Å². The number of thioether (sulfide) groups is 1. The first-order chi connectivity index (χ1) is 9.62. The van der Waals surface area contributed by atoms with Crippen LogP contribution < -0.4 is 10.6 Å². The molecule has 5 heteroatoms. The molecule has 1 saturated carbocycles. The third kappa shape index (κ3) is 4.01. The van der Waals surface area contributed by atoms with Crippen molar-refractivity contribution in [3.63, 3.8) is 0 Å². The molecule has 1 aromatic rings. The highest BCUT2D eigenvalue weighted by Gasteiger charge is 2.21. The Hall–Kier alpha value is -0.970. The fourth-order valence-corrected chi connectivity index (χ4v) is 3.45. The van der Waals surface area contributed by atoms with Crippen molar-refractivity contribution in [3.8, 4) is 0 Å². The Labute approximate surface area is 126 Å². The second kappa shape index (κ2) is 7.16. The molecule has 0 saturated heterocycles. The maximum Gasteiger partial charge on any atom is 0.135 e. The van der Waals surface area contributed by atoms with Crippen LogP contribution >= 0.6 is 11.8 Å². The van der Waals surface area contributed by atoms with Gasteiger partial charge in [-0.15, -0.1) is 0 Å². The third-order valence-electron chi connectivity index (χ3n) is 3.83. The van der Waals surface area contributed by atoms with Crippen molar-refractivity contribution in [1.82, 2.24) is 9.97 Å². The lowest BCUT2D eigenvalue weighted by atomic mass is 9.95. The van der Waals surface area contributed by atoms with Crippen LogP contribution in [0.1, 0.15) is 51.3 Å². The molecule has 0 aliphatic heterocycles. The zero-order valence-electron chi connectivity index (χ0n) is 12.9. The van der Waals surface area contributed by atoms with Crippen LogP contribution in [-0.2, 0) is 0 Å². The van der Waals surface area contributed by atoms with Crippen molar-refractivity contribution in [2.75, 3.05) is 23.9 Å². The van der Waals surface area contributed by atoms with E-state index in [1.807, 2.05) is 24.9 Å². The molecular formula is C15H26N4S. The van der Waals surface area contributed by atoms with Gasteiger partial charge in [0.05, 0.1) is 0 Å². The summed E-state index contributed by atoms with van der Waals surface area (Å²) < 4.78 is 0. The molecule has 2 N–H and O–H groups in total.